The van der Waals surface area contributed by atoms with Crippen molar-refractivity contribution in [3.05, 3.63) is 99.5 Å². The molecule has 39 heavy (non-hydrogen) atoms. The lowest BCUT2D eigenvalue weighted by Crippen LogP contribution is -2.53. The zero-order chi connectivity index (χ0) is 28.6. The first-order valence-corrected chi connectivity index (χ1v) is 14.1. The van der Waals surface area contributed by atoms with Crippen molar-refractivity contribution < 1.29 is 14.3 Å². The molecule has 3 aromatic rings. The molecule has 0 spiro atoms. The van der Waals surface area contributed by atoms with Gasteiger partial charge in [0.2, 0.25) is 5.91 Å². The third-order valence-corrected chi connectivity index (χ3v) is 7.42. The van der Waals surface area contributed by atoms with Crippen LogP contribution < -0.4 is 10.1 Å². The molecule has 7 heteroatoms. The van der Waals surface area contributed by atoms with Crippen molar-refractivity contribution in [3.8, 4) is 5.75 Å². The van der Waals surface area contributed by atoms with E-state index >= 15 is 0 Å². The molecule has 0 aliphatic carbocycles. The molecule has 0 bridgehead atoms. The fraction of sp³-hybridized carbons (Fsp3) is 0.375. The number of hydrogen-bond donors (Lipinski definition) is 1. The highest BCUT2D eigenvalue weighted by Crippen LogP contribution is 2.31. The van der Waals surface area contributed by atoms with Crippen molar-refractivity contribution in [3.63, 3.8) is 0 Å². The first kappa shape index (κ1) is 30.5. The van der Waals surface area contributed by atoms with E-state index in [1.54, 1.807) is 18.2 Å². The average Bonchev–Trinajstić information content (AvgIpc) is 2.90. The van der Waals surface area contributed by atoms with Gasteiger partial charge >= 0.3 is 0 Å². The number of rotatable bonds is 11. The number of benzene rings is 3. The van der Waals surface area contributed by atoms with E-state index < -0.39 is 6.04 Å². The van der Waals surface area contributed by atoms with Gasteiger partial charge < -0.3 is 15.0 Å². The van der Waals surface area contributed by atoms with Crippen LogP contribution >= 0.6 is 23.2 Å². The Morgan fingerprint density at radius 3 is 2.15 bits per heavy atom. The van der Waals surface area contributed by atoms with Gasteiger partial charge in [0.15, 0.2) is 6.61 Å². The van der Waals surface area contributed by atoms with Gasteiger partial charge in [0.05, 0.1) is 0 Å². The Labute approximate surface area is 242 Å². The molecule has 0 aliphatic heterocycles. The van der Waals surface area contributed by atoms with Gasteiger partial charge in [-0.05, 0) is 48.1 Å². The fourth-order valence-electron chi connectivity index (χ4n) is 4.28. The van der Waals surface area contributed by atoms with E-state index in [0.717, 1.165) is 17.5 Å². The fourth-order valence-corrected chi connectivity index (χ4v) is 4.80. The molecule has 0 aromatic heterocycles. The molecule has 0 unspecified atom stereocenters. The summed E-state index contributed by atoms with van der Waals surface area (Å²) in [7, 11) is 0. The van der Waals surface area contributed by atoms with Crippen LogP contribution in [0.2, 0.25) is 10.0 Å². The van der Waals surface area contributed by atoms with Crippen molar-refractivity contribution in [2.24, 2.45) is 0 Å². The van der Waals surface area contributed by atoms with Crippen LogP contribution in [-0.2, 0) is 28.0 Å². The van der Waals surface area contributed by atoms with Crippen LogP contribution in [0.1, 0.15) is 57.7 Å². The molecule has 0 radical (unpaired) electrons. The largest absolute Gasteiger partial charge is 0.483 e. The highest BCUT2D eigenvalue weighted by Gasteiger charge is 2.32. The minimum Gasteiger partial charge on any atom is -0.483 e. The molecule has 0 heterocycles. The van der Waals surface area contributed by atoms with E-state index in [-0.39, 0.29) is 36.4 Å². The lowest BCUT2D eigenvalue weighted by molar-refractivity contribution is -0.143. The number of halogens is 2. The summed E-state index contributed by atoms with van der Waals surface area (Å²) in [5, 5.41) is 3.92. The molecule has 2 atom stereocenters. The predicted octanol–water partition coefficient (Wildman–Crippen LogP) is 7.22. The lowest BCUT2D eigenvalue weighted by Gasteiger charge is -2.33. The molecule has 0 saturated carbocycles. The second-order valence-electron chi connectivity index (χ2n) is 10.8. The summed E-state index contributed by atoms with van der Waals surface area (Å²) in [6.45, 7) is 10.1. The van der Waals surface area contributed by atoms with Crippen molar-refractivity contribution in [1.82, 2.24) is 10.2 Å². The van der Waals surface area contributed by atoms with Crippen molar-refractivity contribution in [1.29, 1.82) is 0 Å². The second kappa shape index (κ2) is 13.9. The molecular formula is C32H38Cl2N2O3. The van der Waals surface area contributed by atoms with E-state index in [0.29, 0.717) is 27.8 Å². The minimum absolute atomic E-state index is 0.0495. The van der Waals surface area contributed by atoms with Crippen LogP contribution in [0.3, 0.4) is 0 Å². The smallest absolute Gasteiger partial charge is 0.261 e. The van der Waals surface area contributed by atoms with Gasteiger partial charge in [-0.25, -0.2) is 0 Å². The summed E-state index contributed by atoms with van der Waals surface area (Å²) < 4.78 is 6.10. The summed E-state index contributed by atoms with van der Waals surface area (Å²) in [5.74, 6) is 0.0625. The Morgan fingerprint density at radius 2 is 1.54 bits per heavy atom. The van der Waals surface area contributed by atoms with Gasteiger partial charge in [0.1, 0.15) is 11.8 Å². The van der Waals surface area contributed by atoms with Crippen LogP contribution in [0, 0.1) is 0 Å². The Balaban J connectivity index is 2.00. The first-order valence-electron chi connectivity index (χ1n) is 13.3. The maximum Gasteiger partial charge on any atom is 0.261 e. The van der Waals surface area contributed by atoms with Crippen molar-refractivity contribution in [2.75, 3.05) is 6.61 Å². The zero-order valence-electron chi connectivity index (χ0n) is 23.3. The van der Waals surface area contributed by atoms with E-state index in [1.165, 1.54) is 4.90 Å². The van der Waals surface area contributed by atoms with E-state index in [9.17, 15) is 9.59 Å². The molecule has 3 aromatic carbocycles. The monoisotopic (exact) mass is 568 g/mol. The Kier molecular flexibility index (Phi) is 10.8. The lowest BCUT2D eigenvalue weighted by atomic mass is 9.86. The Bertz CT molecular complexity index is 1240. The maximum atomic E-state index is 13.9. The van der Waals surface area contributed by atoms with Gasteiger partial charge in [-0.15, -0.1) is 0 Å². The van der Waals surface area contributed by atoms with E-state index in [2.05, 4.69) is 26.1 Å². The number of nitrogens with zero attached hydrogens (tertiary/aromatic N) is 1. The van der Waals surface area contributed by atoms with Gasteiger partial charge in [-0.2, -0.15) is 0 Å². The standard InChI is InChI=1S/C32H38Cl2N2O3/c1-6-22(2)35-31(38)28(19-23-13-8-7-9-14-23)36(20-24-26(33)16-12-17-27(24)34)30(37)21-39-29-18-11-10-15-25(29)32(3,4)5/h7-18,22,28H,6,19-21H2,1-5H3,(H,35,38)/t22-,28-/m0/s1. The molecule has 0 aliphatic rings. The second-order valence-corrected chi connectivity index (χ2v) is 11.6. The maximum absolute atomic E-state index is 13.9. The summed E-state index contributed by atoms with van der Waals surface area (Å²) in [5.41, 5.74) is 2.34. The Hall–Kier alpha value is -3.02. The number of carbonyl (C=O) groups is 2. The highest BCUT2D eigenvalue weighted by molar-refractivity contribution is 6.36. The highest BCUT2D eigenvalue weighted by atomic mass is 35.5. The summed E-state index contributed by atoms with van der Waals surface area (Å²) in [4.78, 5) is 29.1. The Morgan fingerprint density at radius 1 is 0.923 bits per heavy atom. The van der Waals surface area contributed by atoms with Crippen LogP contribution in [0.15, 0.2) is 72.8 Å². The van der Waals surface area contributed by atoms with Crippen LogP contribution in [0.25, 0.3) is 0 Å². The number of hydrogen-bond acceptors (Lipinski definition) is 3. The molecule has 0 fully saturated rings. The van der Waals surface area contributed by atoms with Gasteiger partial charge in [0.25, 0.3) is 5.91 Å². The molecule has 5 nitrogen and oxygen atoms in total. The SMILES string of the molecule is CC[C@H](C)NC(=O)[C@H](Cc1ccccc1)N(Cc1c(Cl)cccc1Cl)C(=O)COc1ccccc1C(C)(C)C. The van der Waals surface area contributed by atoms with Gasteiger partial charge in [0, 0.05) is 34.6 Å². The normalized spacial score (nSPS) is 12.9. The molecule has 3 rings (SSSR count). The summed E-state index contributed by atoms with van der Waals surface area (Å²) in [6, 6.07) is 21.7. The molecular weight excluding hydrogens is 531 g/mol. The van der Waals surface area contributed by atoms with Crippen molar-refractivity contribution >= 4 is 35.0 Å². The number of carbonyl (C=O) groups excluding carboxylic acids is 2. The topological polar surface area (TPSA) is 58.6 Å². The van der Waals surface area contributed by atoms with Crippen molar-refractivity contribution in [2.45, 2.75) is 71.5 Å². The number of amides is 2. The van der Waals surface area contributed by atoms with Crippen LogP contribution in [-0.4, -0.2) is 35.4 Å². The molecule has 1 N–H and O–H groups in total. The number of ether oxygens (including phenoxy) is 1. The van der Waals surface area contributed by atoms with Crippen LogP contribution in [0.5, 0.6) is 5.75 Å². The minimum atomic E-state index is -0.803. The summed E-state index contributed by atoms with van der Waals surface area (Å²) in [6.07, 6.45) is 1.09. The predicted molar refractivity (Wildman–Crippen MR) is 159 cm³/mol. The van der Waals surface area contributed by atoms with Gasteiger partial charge in [-0.1, -0.05) is 105 Å². The molecule has 208 valence electrons. The summed E-state index contributed by atoms with van der Waals surface area (Å²) >= 11 is 13.0. The number of para-hydroxylation sites is 1. The quantitative estimate of drug-likeness (QED) is 0.265. The van der Waals surface area contributed by atoms with E-state index in [4.69, 9.17) is 27.9 Å². The first-order chi connectivity index (χ1) is 18.5. The third-order valence-electron chi connectivity index (χ3n) is 6.71. The van der Waals surface area contributed by atoms with Crippen LogP contribution in [0.4, 0.5) is 0 Å². The van der Waals surface area contributed by atoms with Gasteiger partial charge in [-0.3, -0.25) is 9.59 Å². The van der Waals surface area contributed by atoms with E-state index in [1.807, 2.05) is 68.4 Å². The molecule has 2 amide bonds. The zero-order valence-corrected chi connectivity index (χ0v) is 24.9. The molecule has 0 saturated heterocycles. The number of nitrogens with one attached hydrogen (secondary N) is 1. The average molecular weight is 570 g/mol. The third kappa shape index (κ3) is 8.48.